The van der Waals surface area contributed by atoms with Crippen LogP contribution in [0.3, 0.4) is 0 Å². The molecule has 16 heavy (non-hydrogen) atoms. The summed E-state index contributed by atoms with van der Waals surface area (Å²) in [6, 6.07) is 6.60. The summed E-state index contributed by atoms with van der Waals surface area (Å²) >= 11 is 3.52. The lowest BCUT2D eigenvalue weighted by Gasteiger charge is -2.07. The van der Waals surface area contributed by atoms with Crippen molar-refractivity contribution in [3.05, 3.63) is 34.4 Å². The standard InChI is InChI=1S/C13H15BrN2/c14-11-8-16-12-7-9(1-2-10(11)12)3-4-13(15)5-6-13/h1-2,7-8,16H,3-6,15H2. The largest absolute Gasteiger partial charge is 0.360 e. The molecule has 3 rings (SSSR count). The number of nitrogens with two attached hydrogens (primary N) is 1. The van der Waals surface area contributed by atoms with Crippen molar-refractivity contribution in [1.82, 2.24) is 4.98 Å². The van der Waals surface area contributed by atoms with E-state index in [0.717, 1.165) is 17.3 Å². The predicted octanol–water partition coefficient (Wildman–Crippen LogP) is 3.35. The van der Waals surface area contributed by atoms with Crippen LogP contribution in [0, 0.1) is 0 Å². The topological polar surface area (TPSA) is 41.8 Å². The third-order valence-electron chi connectivity index (χ3n) is 3.50. The molecule has 0 saturated heterocycles. The van der Waals surface area contributed by atoms with E-state index in [4.69, 9.17) is 5.73 Å². The van der Waals surface area contributed by atoms with Gasteiger partial charge in [-0.1, -0.05) is 12.1 Å². The molecule has 1 aromatic heterocycles. The van der Waals surface area contributed by atoms with E-state index in [0.29, 0.717) is 0 Å². The maximum Gasteiger partial charge on any atom is 0.0468 e. The maximum absolute atomic E-state index is 6.10. The number of hydrogen-bond donors (Lipinski definition) is 2. The third-order valence-corrected chi connectivity index (χ3v) is 4.16. The monoisotopic (exact) mass is 278 g/mol. The number of aromatic amines is 1. The van der Waals surface area contributed by atoms with E-state index in [1.54, 1.807) is 0 Å². The second-order valence-electron chi connectivity index (χ2n) is 4.88. The first kappa shape index (κ1) is 10.4. The number of aromatic nitrogens is 1. The Morgan fingerprint density at radius 1 is 1.38 bits per heavy atom. The molecule has 0 amide bonds. The van der Waals surface area contributed by atoms with Gasteiger partial charge in [-0.05, 0) is 53.2 Å². The van der Waals surface area contributed by atoms with Gasteiger partial charge in [0.1, 0.15) is 0 Å². The van der Waals surface area contributed by atoms with Gasteiger partial charge in [-0.25, -0.2) is 0 Å². The maximum atomic E-state index is 6.10. The van der Waals surface area contributed by atoms with Gasteiger partial charge >= 0.3 is 0 Å². The molecule has 2 aromatic rings. The Bertz CT molecular complexity index is 526. The minimum absolute atomic E-state index is 0.158. The molecule has 1 aromatic carbocycles. The zero-order valence-corrected chi connectivity index (χ0v) is 10.7. The molecule has 0 bridgehead atoms. The predicted molar refractivity (Wildman–Crippen MR) is 70.5 cm³/mol. The van der Waals surface area contributed by atoms with Crippen molar-refractivity contribution in [3.63, 3.8) is 0 Å². The molecule has 0 atom stereocenters. The molecular weight excluding hydrogens is 264 g/mol. The van der Waals surface area contributed by atoms with E-state index in [-0.39, 0.29) is 5.54 Å². The number of benzene rings is 1. The Labute approximate surface area is 103 Å². The molecule has 2 nitrogen and oxygen atoms in total. The Balaban J connectivity index is 1.82. The number of H-pyrrole nitrogens is 1. The van der Waals surface area contributed by atoms with Gasteiger partial charge in [0.25, 0.3) is 0 Å². The number of rotatable bonds is 3. The average Bonchev–Trinajstić information content (AvgIpc) is 2.91. The summed E-state index contributed by atoms with van der Waals surface area (Å²) in [7, 11) is 0. The molecule has 1 fully saturated rings. The fourth-order valence-corrected chi connectivity index (χ4v) is 2.56. The van der Waals surface area contributed by atoms with E-state index < -0.39 is 0 Å². The first-order valence-corrected chi connectivity index (χ1v) is 6.50. The van der Waals surface area contributed by atoms with Crippen molar-refractivity contribution in [2.75, 3.05) is 0 Å². The Morgan fingerprint density at radius 2 is 2.19 bits per heavy atom. The highest BCUT2D eigenvalue weighted by molar-refractivity contribution is 9.10. The summed E-state index contributed by atoms with van der Waals surface area (Å²) in [6.45, 7) is 0. The molecule has 84 valence electrons. The molecule has 0 aliphatic heterocycles. The van der Waals surface area contributed by atoms with Crippen LogP contribution in [0.5, 0.6) is 0 Å². The van der Waals surface area contributed by atoms with Crippen molar-refractivity contribution in [2.45, 2.75) is 31.2 Å². The highest BCUT2D eigenvalue weighted by atomic mass is 79.9. The SMILES string of the molecule is NC1(CCc2ccc3c(Br)c[nH]c3c2)CC1. The van der Waals surface area contributed by atoms with E-state index in [1.165, 1.54) is 29.3 Å². The summed E-state index contributed by atoms with van der Waals surface area (Å²) < 4.78 is 1.13. The molecule has 1 aliphatic rings. The first-order valence-electron chi connectivity index (χ1n) is 5.71. The highest BCUT2D eigenvalue weighted by Gasteiger charge is 2.37. The van der Waals surface area contributed by atoms with E-state index in [2.05, 4.69) is 39.1 Å². The lowest BCUT2D eigenvalue weighted by molar-refractivity contribution is 0.609. The van der Waals surface area contributed by atoms with Gasteiger partial charge in [-0.3, -0.25) is 0 Å². The minimum atomic E-state index is 0.158. The third kappa shape index (κ3) is 1.89. The van der Waals surface area contributed by atoms with Crippen LogP contribution in [-0.2, 0) is 6.42 Å². The molecule has 1 heterocycles. The van der Waals surface area contributed by atoms with Crippen LogP contribution < -0.4 is 5.73 Å². The summed E-state index contributed by atoms with van der Waals surface area (Å²) in [4.78, 5) is 3.26. The molecule has 0 unspecified atom stereocenters. The zero-order chi connectivity index (χ0) is 11.2. The summed E-state index contributed by atoms with van der Waals surface area (Å²) in [5.41, 5.74) is 8.83. The second kappa shape index (κ2) is 3.60. The summed E-state index contributed by atoms with van der Waals surface area (Å²) in [5, 5.41) is 1.25. The quantitative estimate of drug-likeness (QED) is 0.888. The smallest absolute Gasteiger partial charge is 0.0468 e. The molecule has 3 N–H and O–H groups in total. The van der Waals surface area contributed by atoms with E-state index in [9.17, 15) is 0 Å². The van der Waals surface area contributed by atoms with Crippen molar-refractivity contribution in [2.24, 2.45) is 5.73 Å². The average molecular weight is 279 g/mol. The first-order chi connectivity index (χ1) is 7.66. The minimum Gasteiger partial charge on any atom is -0.360 e. The summed E-state index contributed by atoms with van der Waals surface area (Å²) in [6.07, 6.45) is 6.58. The number of aryl methyl sites for hydroxylation is 1. The molecule has 0 radical (unpaired) electrons. The lowest BCUT2D eigenvalue weighted by Crippen LogP contribution is -2.22. The van der Waals surface area contributed by atoms with Crippen LogP contribution in [0.25, 0.3) is 10.9 Å². The van der Waals surface area contributed by atoms with Gasteiger partial charge in [0.05, 0.1) is 0 Å². The molecule has 3 heteroatoms. The van der Waals surface area contributed by atoms with E-state index >= 15 is 0 Å². The van der Waals surface area contributed by atoms with Gasteiger partial charge in [0.15, 0.2) is 0 Å². The van der Waals surface area contributed by atoms with Crippen LogP contribution in [-0.4, -0.2) is 10.5 Å². The molecule has 0 spiro atoms. The normalized spacial score (nSPS) is 17.9. The molecule has 1 aliphatic carbocycles. The Kier molecular flexibility index (Phi) is 2.33. The number of nitrogens with one attached hydrogen (secondary N) is 1. The van der Waals surface area contributed by atoms with Crippen molar-refractivity contribution in [3.8, 4) is 0 Å². The van der Waals surface area contributed by atoms with Gasteiger partial charge in [-0.15, -0.1) is 0 Å². The fourth-order valence-electron chi connectivity index (χ4n) is 2.10. The highest BCUT2D eigenvalue weighted by Crippen LogP contribution is 2.36. The van der Waals surface area contributed by atoms with Crippen LogP contribution in [0.15, 0.2) is 28.9 Å². The van der Waals surface area contributed by atoms with Crippen LogP contribution in [0.2, 0.25) is 0 Å². The lowest BCUT2D eigenvalue weighted by atomic mass is 10.0. The van der Waals surface area contributed by atoms with E-state index in [1.807, 2.05) is 6.20 Å². The number of hydrogen-bond acceptors (Lipinski definition) is 1. The van der Waals surface area contributed by atoms with Gasteiger partial charge in [-0.2, -0.15) is 0 Å². The van der Waals surface area contributed by atoms with Gasteiger partial charge < -0.3 is 10.7 Å². The number of halogens is 1. The Hall–Kier alpha value is -0.800. The van der Waals surface area contributed by atoms with Crippen LogP contribution in [0.4, 0.5) is 0 Å². The number of fused-ring (bicyclic) bond motifs is 1. The van der Waals surface area contributed by atoms with Crippen LogP contribution in [0.1, 0.15) is 24.8 Å². The second-order valence-corrected chi connectivity index (χ2v) is 5.73. The van der Waals surface area contributed by atoms with Crippen molar-refractivity contribution < 1.29 is 0 Å². The fraction of sp³-hybridized carbons (Fsp3) is 0.385. The van der Waals surface area contributed by atoms with Crippen molar-refractivity contribution >= 4 is 26.8 Å². The molecular formula is C13H15BrN2. The summed E-state index contributed by atoms with van der Waals surface area (Å²) in [5.74, 6) is 0. The van der Waals surface area contributed by atoms with Gasteiger partial charge in [0.2, 0.25) is 0 Å². The van der Waals surface area contributed by atoms with Crippen molar-refractivity contribution in [1.29, 1.82) is 0 Å². The zero-order valence-electron chi connectivity index (χ0n) is 9.09. The Morgan fingerprint density at radius 3 is 2.94 bits per heavy atom. The van der Waals surface area contributed by atoms with Gasteiger partial charge in [0, 0.05) is 27.1 Å². The van der Waals surface area contributed by atoms with Crippen LogP contribution >= 0.6 is 15.9 Å². The molecule has 1 saturated carbocycles.